The van der Waals surface area contributed by atoms with E-state index in [1.54, 1.807) is 6.92 Å². The van der Waals surface area contributed by atoms with Crippen molar-refractivity contribution in [3.8, 4) is 0 Å². The fourth-order valence-electron chi connectivity index (χ4n) is 2.98. The van der Waals surface area contributed by atoms with E-state index in [2.05, 4.69) is 5.32 Å². The minimum Gasteiger partial charge on any atom is -0.353 e. The van der Waals surface area contributed by atoms with E-state index in [0.717, 1.165) is 31.4 Å². The zero-order valence-corrected chi connectivity index (χ0v) is 14.0. The van der Waals surface area contributed by atoms with Gasteiger partial charge in [-0.05, 0) is 49.6 Å². The lowest BCUT2D eigenvalue weighted by Gasteiger charge is -2.21. The molecule has 1 aliphatic rings. The van der Waals surface area contributed by atoms with Crippen LogP contribution in [0.2, 0.25) is 0 Å². The van der Waals surface area contributed by atoms with Gasteiger partial charge in [0.1, 0.15) is 5.82 Å². The molecule has 2 rings (SSSR count). The van der Waals surface area contributed by atoms with Gasteiger partial charge >= 0.3 is 0 Å². The average Bonchev–Trinajstić information content (AvgIpc) is 2.94. The molecule has 128 valence electrons. The van der Waals surface area contributed by atoms with Crippen molar-refractivity contribution >= 4 is 15.7 Å². The summed E-state index contributed by atoms with van der Waals surface area (Å²) in [6, 6.07) is 4.67. The summed E-state index contributed by atoms with van der Waals surface area (Å²) in [6.45, 7) is 2.11. The molecule has 3 unspecified atom stereocenters. The van der Waals surface area contributed by atoms with E-state index in [1.807, 2.05) is 0 Å². The highest BCUT2D eigenvalue weighted by atomic mass is 32.2. The third-order valence-corrected chi connectivity index (χ3v) is 6.31. The van der Waals surface area contributed by atoms with Crippen molar-refractivity contribution in [1.29, 1.82) is 0 Å². The Morgan fingerprint density at radius 3 is 2.61 bits per heavy atom. The smallest absolute Gasteiger partial charge is 0.224 e. The van der Waals surface area contributed by atoms with Gasteiger partial charge in [-0.3, -0.25) is 4.79 Å². The molecule has 0 spiro atoms. The first-order chi connectivity index (χ1) is 10.8. The van der Waals surface area contributed by atoms with E-state index in [4.69, 9.17) is 5.73 Å². The van der Waals surface area contributed by atoms with Crippen molar-refractivity contribution in [2.24, 2.45) is 17.6 Å². The SMILES string of the molecule is CC(CS(=O)(=O)c1ccc(F)cc1)C(=O)NC1CCCC1CN. The predicted molar refractivity (Wildman–Crippen MR) is 85.9 cm³/mol. The predicted octanol–water partition coefficient (Wildman–Crippen LogP) is 1.48. The molecule has 1 saturated carbocycles. The lowest BCUT2D eigenvalue weighted by molar-refractivity contribution is -0.124. The van der Waals surface area contributed by atoms with Crippen LogP contribution in [0.15, 0.2) is 29.2 Å². The van der Waals surface area contributed by atoms with E-state index in [0.29, 0.717) is 6.54 Å². The molecule has 3 N–H and O–H groups in total. The number of halogens is 1. The van der Waals surface area contributed by atoms with Crippen LogP contribution in [0.1, 0.15) is 26.2 Å². The van der Waals surface area contributed by atoms with E-state index < -0.39 is 21.6 Å². The maximum absolute atomic E-state index is 12.9. The van der Waals surface area contributed by atoms with Crippen LogP contribution in [0.25, 0.3) is 0 Å². The molecule has 23 heavy (non-hydrogen) atoms. The van der Waals surface area contributed by atoms with Crippen LogP contribution in [-0.2, 0) is 14.6 Å². The number of rotatable bonds is 6. The van der Waals surface area contributed by atoms with Crippen molar-refractivity contribution in [3.63, 3.8) is 0 Å². The number of nitrogens with two attached hydrogens (primary N) is 1. The standard InChI is InChI=1S/C16H23FN2O3S/c1-11(16(20)19-15-4-2-3-12(15)9-18)10-23(21,22)14-7-5-13(17)6-8-14/h5-8,11-12,15H,2-4,9-10,18H2,1H3,(H,19,20). The van der Waals surface area contributed by atoms with Crippen molar-refractivity contribution in [2.75, 3.05) is 12.3 Å². The van der Waals surface area contributed by atoms with Gasteiger partial charge in [0.05, 0.1) is 10.6 Å². The number of hydrogen-bond donors (Lipinski definition) is 2. The Hall–Kier alpha value is -1.47. The lowest BCUT2D eigenvalue weighted by atomic mass is 10.0. The van der Waals surface area contributed by atoms with Gasteiger partial charge in [0.15, 0.2) is 9.84 Å². The number of nitrogens with one attached hydrogen (secondary N) is 1. The molecule has 1 aromatic carbocycles. The normalized spacial score (nSPS) is 22.7. The molecule has 1 amide bonds. The molecule has 0 heterocycles. The summed E-state index contributed by atoms with van der Waals surface area (Å²) in [5, 5.41) is 2.92. The molecule has 0 aromatic heterocycles. The molecule has 5 nitrogen and oxygen atoms in total. The number of amides is 1. The molecule has 1 aromatic rings. The second-order valence-electron chi connectivity index (χ2n) is 6.18. The Morgan fingerprint density at radius 2 is 2.00 bits per heavy atom. The maximum atomic E-state index is 12.9. The minimum atomic E-state index is -3.63. The first-order valence-electron chi connectivity index (χ1n) is 7.82. The Balaban J connectivity index is 1.98. The Bertz CT molecular complexity index is 646. The number of carbonyl (C=O) groups is 1. The minimum absolute atomic E-state index is 0.0271. The number of benzene rings is 1. The summed E-state index contributed by atoms with van der Waals surface area (Å²) in [5.41, 5.74) is 5.69. The molecule has 1 aliphatic carbocycles. The molecular formula is C16H23FN2O3S. The lowest BCUT2D eigenvalue weighted by Crippen LogP contribution is -2.43. The number of sulfone groups is 1. The molecule has 0 aliphatic heterocycles. The van der Waals surface area contributed by atoms with Crippen LogP contribution in [-0.4, -0.2) is 32.7 Å². The molecule has 1 fully saturated rings. The van der Waals surface area contributed by atoms with Crippen LogP contribution in [0, 0.1) is 17.7 Å². The molecule has 0 saturated heterocycles. The summed E-state index contributed by atoms with van der Waals surface area (Å²) >= 11 is 0. The first-order valence-corrected chi connectivity index (χ1v) is 9.47. The van der Waals surface area contributed by atoms with Crippen LogP contribution in [0.3, 0.4) is 0 Å². The van der Waals surface area contributed by atoms with Crippen molar-refractivity contribution < 1.29 is 17.6 Å². The fraction of sp³-hybridized carbons (Fsp3) is 0.562. The summed E-state index contributed by atoms with van der Waals surface area (Å²) in [5.74, 6) is -1.49. The van der Waals surface area contributed by atoms with Gasteiger partial charge in [-0.1, -0.05) is 13.3 Å². The van der Waals surface area contributed by atoms with Gasteiger partial charge < -0.3 is 11.1 Å². The zero-order chi connectivity index (χ0) is 17.0. The highest BCUT2D eigenvalue weighted by Crippen LogP contribution is 2.25. The van der Waals surface area contributed by atoms with Crippen LogP contribution in [0.5, 0.6) is 0 Å². The average molecular weight is 342 g/mol. The Labute approximate surface area is 136 Å². The molecular weight excluding hydrogens is 319 g/mol. The van der Waals surface area contributed by atoms with E-state index >= 15 is 0 Å². The van der Waals surface area contributed by atoms with Gasteiger partial charge in [0, 0.05) is 12.0 Å². The van der Waals surface area contributed by atoms with Gasteiger partial charge in [-0.25, -0.2) is 12.8 Å². The van der Waals surface area contributed by atoms with E-state index in [9.17, 15) is 17.6 Å². The first kappa shape index (κ1) is 17.9. The summed E-state index contributed by atoms with van der Waals surface area (Å²) in [6.07, 6.45) is 2.89. The van der Waals surface area contributed by atoms with Crippen molar-refractivity contribution in [3.05, 3.63) is 30.1 Å². The van der Waals surface area contributed by atoms with E-state index in [-0.39, 0.29) is 28.5 Å². The van der Waals surface area contributed by atoms with Gasteiger partial charge in [0.25, 0.3) is 0 Å². The van der Waals surface area contributed by atoms with Gasteiger partial charge in [0.2, 0.25) is 5.91 Å². The largest absolute Gasteiger partial charge is 0.353 e. The molecule has 0 radical (unpaired) electrons. The number of carbonyl (C=O) groups excluding carboxylic acids is 1. The van der Waals surface area contributed by atoms with Gasteiger partial charge in [-0.2, -0.15) is 0 Å². The highest BCUT2D eigenvalue weighted by molar-refractivity contribution is 7.91. The topological polar surface area (TPSA) is 89.3 Å². The second kappa shape index (κ2) is 7.40. The monoisotopic (exact) mass is 342 g/mol. The third kappa shape index (κ3) is 4.51. The highest BCUT2D eigenvalue weighted by Gasteiger charge is 2.30. The van der Waals surface area contributed by atoms with Crippen LogP contribution < -0.4 is 11.1 Å². The summed E-state index contributed by atoms with van der Waals surface area (Å²) in [4.78, 5) is 12.3. The van der Waals surface area contributed by atoms with Crippen molar-refractivity contribution in [2.45, 2.75) is 37.1 Å². The zero-order valence-electron chi connectivity index (χ0n) is 13.2. The molecule has 3 atom stereocenters. The molecule has 0 bridgehead atoms. The Kier molecular flexibility index (Phi) is 5.75. The third-order valence-electron chi connectivity index (χ3n) is 4.38. The van der Waals surface area contributed by atoms with Crippen molar-refractivity contribution in [1.82, 2.24) is 5.32 Å². The van der Waals surface area contributed by atoms with Crippen LogP contribution in [0.4, 0.5) is 4.39 Å². The summed E-state index contributed by atoms with van der Waals surface area (Å²) < 4.78 is 37.5. The molecule has 7 heteroatoms. The quantitative estimate of drug-likeness (QED) is 0.766. The van der Waals surface area contributed by atoms with Crippen LogP contribution >= 0.6 is 0 Å². The van der Waals surface area contributed by atoms with E-state index in [1.165, 1.54) is 12.1 Å². The Morgan fingerprint density at radius 1 is 1.35 bits per heavy atom. The maximum Gasteiger partial charge on any atom is 0.224 e. The second-order valence-corrected chi connectivity index (χ2v) is 8.21. The fourth-order valence-corrected chi connectivity index (χ4v) is 4.53. The number of hydrogen-bond acceptors (Lipinski definition) is 4. The van der Waals surface area contributed by atoms with Gasteiger partial charge in [-0.15, -0.1) is 0 Å². The summed E-state index contributed by atoms with van der Waals surface area (Å²) in [7, 11) is -3.63.